The average Bonchev–Trinajstić information content (AvgIpc) is 2.37. The lowest BCUT2D eigenvalue weighted by Crippen LogP contribution is -2.30. The SMILES string of the molecule is CC(NCCCN(C)C(C)C)c1ccc(F)c(Cl)c1. The first-order valence-corrected chi connectivity index (χ1v) is 7.18. The Morgan fingerprint density at radius 3 is 2.58 bits per heavy atom. The van der Waals surface area contributed by atoms with Gasteiger partial charge >= 0.3 is 0 Å². The van der Waals surface area contributed by atoms with Crippen LogP contribution in [-0.2, 0) is 0 Å². The second kappa shape index (κ2) is 7.83. The molecule has 0 spiro atoms. The van der Waals surface area contributed by atoms with Crippen molar-refractivity contribution in [2.45, 2.75) is 39.3 Å². The highest BCUT2D eigenvalue weighted by Gasteiger charge is 2.08. The maximum atomic E-state index is 13.1. The van der Waals surface area contributed by atoms with Gasteiger partial charge in [-0.2, -0.15) is 0 Å². The Labute approximate surface area is 120 Å². The van der Waals surface area contributed by atoms with Crippen LogP contribution in [0.3, 0.4) is 0 Å². The summed E-state index contributed by atoms with van der Waals surface area (Å²) in [6.45, 7) is 8.46. The maximum Gasteiger partial charge on any atom is 0.141 e. The van der Waals surface area contributed by atoms with E-state index < -0.39 is 0 Å². The minimum atomic E-state index is -0.365. The van der Waals surface area contributed by atoms with Gasteiger partial charge in [-0.3, -0.25) is 0 Å². The van der Waals surface area contributed by atoms with E-state index in [-0.39, 0.29) is 16.9 Å². The fraction of sp³-hybridized carbons (Fsp3) is 0.600. The number of nitrogens with zero attached hydrogens (tertiary/aromatic N) is 1. The Morgan fingerprint density at radius 2 is 2.00 bits per heavy atom. The zero-order valence-electron chi connectivity index (χ0n) is 12.2. The Bertz CT molecular complexity index is 396. The summed E-state index contributed by atoms with van der Waals surface area (Å²) < 4.78 is 13.1. The molecule has 0 heterocycles. The fourth-order valence-corrected chi connectivity index (χ4v) is 1.99. The molecule has 1 unspecified atom stereocenters. The number of rotatable bonds is 7. The second-order valence-electron chi connectivity index (χ2n) is 5.28. The van der Waals surface area contributed by atoms with E-state index in [0.717, 1.165) is 25.1 Å². The smallest absolute Gasteiger partial charge is 0.141 e. The van der Waals surface area contributed by atoms with E-state index in [2.05, 4.69) is 38.0 Å². The molecule has 108 valence electrons. The number of hydrogen-bond acceptors (Lipinski definition) is 2. The van der Waals surface area contributed by atoms with Crippen LogP contribution in [0, 0.1) is 5.82 Å². The zero-order chi connectivity index (χ0) is 14.4. The molecule has 0 aromatic heterocycles. The Balaban J connectivity index is 2.35. The summed E-state index contributed by atoms with van der Waals surface area (Å²) >= 11 is 5.79. The van der Waals surface area contributed by atoms with Crippen molar-refractivity contribution in [2.24, 2.45) is 0 Å². The first-order chi connectivity index (χ1) is 8.91. The van der Waals surface area contributed by atoms with Gasteiger partial charge in [0, 0.05) is 12.1 Å². The van der Waals surface area contributed by atoms with Crippen molar-refractivity contribution in [3.63, 3.8) is 0 Å². The van der Waals surface area contributed by atoms with Gasteiger partial charge in [0.25, 0.3) is 0 Å². The van der Waals surface area contributed by atoms with E-state index in [9.17, 15) is 4.39 Å². The van der Waals surface area contributed by atoms with Crippen LogP contribution in [-0.4, -0.2) is 31.1 Å². The largest absolute Gasteiger partial charge is 0.310 e. The fourth-order valence-electron chi connectivity index (χ4n) is 1.80. The van der Waals surface area contributed by atoms with Crippen LogP contribution in [0.25, 0.3) is 0 Å². The van der Waals surface area contributed by atoms with Gasteiger partial charge in [-0.1, -0.05) is 17.7 Å². The summed E-state index contributed by atoms with van der Waals surface area (Å²) in [4.78, 5) is 2.32. The van der Waals surface area contributed by atoms with Gasteiger partial charge in [-0.15, -0.1) is 0 Å². The van der Waals surface area contributed by atoms with Crippen LogP contribution in [0.2, 0.25) is 5.02 Å². The third-order valence-corrected chi connectivity index (χ3v) is 3.75. The van der Waals surface area contributed by atoms with E-state index >= 15 is 0 Å². The lowest BCUT2D eigenvalue weighted by molar-refractivity contribution is 0.268. The lowest BCUT2D eigenvalue weighted by atomic mass is 10.1. The lowest BCUT2D eigenvalue weighted by Gasteiger charge is -2.21. The van der Waals surface area contributed by atoms with E-state index in [1.807, 2.05) is 0 Å². The molecular formula is C15H24ClFN2. The number of benzene rings is 1. The predicted octanol–water partition coefficient (Wildman–Crippen LogP) is 3.86. The highest BCUT2D eigenvalue weighted by atomic mass is 35.5. The number of halogens is 2. The summed E-state index contributed by atoms with van der Waals surface area (Å²) in [6, 6.07) is 5.65. The highest BCUT2D eigenvalue weighted by Crippen LogP contribution is 2.20. The molecule has 1 aromatic rings. The molecule has 1 aromatic carbocycles. The van der Waals surface area contributed by atoms with Crippen LogP contribution in [0.15, 0.2) is 18.2 Å². The number of hydrogen-bond donors (Lipinski definition) is 1. The van der Waals surface area contributed by atoms with Crippen molar-refractivity contribution in [3.05, 3.63) is 34.6 Å². The molecule has 1 rings (SSSR count). The molecule has 1 N–H and O–H groups in total. The van der Waals surface area contributed by atoms with Crippen LogP contribution < -0.4 is 5.32 Å². The summed E-state index contributed by atoms with van der Waals surface area (Å²) in [7, 11) is 2.13. The second-order valence-corrected chi connectivity index (χ2v) is 5.68. The van der Waals surface area contributed by atoms with Crippen molar-refractivity contribution >= 4 is 11.6 Å². The van der Waals surface area contributed by atoms with Gasteiger partial charge in [0.2, 0.25) is 0 Å². The predicted molar refractivity (Wildman–Crippen MR) is 80.2 cm³/mol. The van der Waals surface area contributed by atoms with Crippen molar-refractivity contribution in [1.29, 1.82) is 0 Å². The summed E-state index contributed by atoms with van der Waals surface area (Å²) in [6.07, 6.45) is 1.09. The summed E-state index contributed by atoms with van der Waals surface area (Å²) in [5, 5.41) is 3.62. The molecule has 0 bridgehead atoms. The Hall–Kier alpha value is -0.640. The minimum absolute atomic E-state index is 0.183. The van der Waals surface area contributed by atoms with Gasteiger partial charge in [-0.25, -0.2) is 4.39 Å². The molecule has 4 heteroatoms. The number of nitrogens with one attached hydrogen (secondary N) is 1. The monoisotopic (exact) mass is 286 g/mol. The highest BCUT2D eigenvalue weighted by molar-refractivity contribution is 6.30. The molecule has 0 aliphatic carbocycles. The molecule has 0 radical (unpaired) electrons. The zero-order valence-corrected chi connectivity index (χ0v) is 13.0. The van der Waals surface area contributed by atoms with Crippen molar-refractivity contribution in [3.8, 4) is 0 Å². The molecule has 1 atom stereocenters. The normalized spacial score (nSPS) is 13.3. The minimum Gasteiger partial charge on any atom is -0.310 e. The van der Waals surface area contributed by atoms with Gasteiger partial charge in [0.15, 0.2) is 0 Å². The van der Waals surface area contributed by atoms with Crippen LogP contribution >= 0.6 is 11.6 Å². The molecule has 0 fully saturated rings. The van der Waals surface area contributed by atoms with Gasteiger partial charge < -0.3 is 10.2 Å². The molecule has 0 aliphatic rings. The molecule has 0 amide bonds. The van der Waals surface area contributed by atoms with Crippen LogP contribution in [0.4, 0.5) is 4.39 Å². The Morgan fingerprint density at radius 1 is 1.32 bits per heavy atom. The van der Waals surface area contributed by atoms with Crippen LogP contribution in [0.5, 0.6) is 0 Å². The van der Waals surface area contributed by atoms with Crippen molar-refractivity contribution < 1.29 is 4.39 Å². The Kier molecular flexibility index (Phi) is 6.76. The first-order valence-electron chi connectivity index (χ1n) is 6.80. The molecule has 19 heavy (non-hydrogen) atoms. The quantitative estimate of drug-likeness (QED) is 0.766. The molecule has 2 nitrogen and oxygen atoms in total. The third kappa shape index (κ3) is 5.47. The van der Waals surface area contributed by atoms with Crippen molar-refractivity contribution in [2.75, 3.05) is 20.1 Å². The van der Waals surface area contributed by atoms with E-state index in [1.165, 1.54) is 6.07 Å². The van der Waals surface area contributed by atoms with E-state index in [0.29, 0.717) is 6.04 Å². The van der Waals surface area contributed by atoms with Crippen LogP contribution in [0.1, 0.15) is 38.8 Å². The third-order valence-electron chi connectivity index (χ3n) is 3.46. The van der Waals surface area contributed by atoms with Gasteiger partial charge in [0.05, 0.1) is 5.02 Å². The standard InChI is InChI=1S/C15H24ClFN2/c1-11(2)19(4)9-5-8-18-12(3)13-6-7-15(17)14(16)10-13/h6-7,10-12,18H,5,8-9H2,1-4H3. The summed E-state index contributed by atoms with van der Waals surface area (Å²) in [5.74, 6) is -0.365. The molecule has 0 saturated heterocycles. The molecular weight excluding hydrogens is 263 g/mol. The molecule has 0 aliphatic heterocycles. The average molecular weight is 287 g/mol. The molecule has 0 saturated carbocycles. The first kappa shape index (κ1) is 16.4. The van der Waals surface area contributed by atoms with Crippen molar-refractivity contribution in [1.82, 2.24) is 10.2 Å². The summed E-state index contributed by atoms with van der Waals surface area (Å²) in [5.41, 5.74) is 1.02. The van der Waals surface area contributed by atoms with Gasteiger partial charge in [0.1, 0.15) is 5.82 Å². The van der Waals surface area contributed by atoms with E-state index in [1.54, 1.807) is 12.1 Å². The maximum absolute atomic E-state index is 13.1. The van der Waals surface area contributed by atoms with Gasteiger partial charge in [-0.05, 0) is 65.0 Å². The topological polar surface area (TPSA) is 15.3 Å². The van der Waals surface area contributed by atoms with E-state index in [4.69, 9.17) is 11.6 Å².